The maximum Gasteiger partial charge on any atom is 0.426 e. The molecule has 1 aromatic carbocycles. The molecule has 1 heterocycles. The first-order valence-electron chi connectivity index (χ1n) is 7.06. The third-order valence-electron chi connectivity index (χ3n) is 3.58. The van der Waals surface area contributed by atoms with Crippen LogP contribution in [0.1, 0.15) is 18.4 Å². The lowest BCUT2D eigenvalue weighted by Gasteiger charge is -2.26. The lowest BCUT2D eigenvalue weighted by Crippen LogP contribution is -2.46. The van der Waals surface area contributed by atoms with Crippen LogP contribution in [0.2, 0.25) is 0 Å². The van der Waals surface area contributed by atoms with Gasteiger partial charge in [0.25, 0.3) is 0 Å². The number of carbonyl (C=O) groups is 2. The monoisotopic (exact) mass is 324 g/mol. The number of hydrazine groups is 1. The second-order valence-electron chi connectivity index (χ2n) is 4.84. The quantitative estimate of drug-likeness (QED) is 0.906. The molecule has 1 N–H and O–H groups in total. The van der Waals surface area contributed by atoms with E-state index in [-0.39, 0.29) is 12.3 Å². The summed E-state index contributed by atoms with van der Waals surface area (Å²) in [5, 5.41) is 1.15. The zero-order valence-corrected chi connectivity index (χ0v) is 13.6. The van der Waals surface area contributed by atoms with Crippen molar-refractivity contribution in [2.24, 2.45) is 0 Å². The molecule has 2 rings (SSSR count). The Morgan fingerprint density at radius 1 is 1.09 bits per heavy atom. The predicted molar refractivity (Wildman–Crippen MR) is 82.1 cm³/mol. The van der Waals surface area contributed by atoms with Crippen LogP contribution in [-0.2, 0) is 16.0 Å². The van der Waals surface area contributed by atoms with Gasteiger partial charge in [-0.05, 0) is 24.5 Å². The number of fused-ring (bicyclic) bond motifs is 1. The van der Waals surface area contributed by atoms with Crippen LogP contribution in [0, 0.1) is 0 Å². The molecule has 0 spiro atoms. The molecule has 0 saturated heterocycles. The van der Waals surface area contributed by atoms with Crippen LogP contribution in [0.25, 0.3) is 0 Å². The van der Waals surface area contributed by atoms with E-state index in [0.29, 0.717) is 35.8 Å². The number of ether oxygens (including phenoxy) is 4. The molecule has 8 nitrogen and oxygen atoms in total. The van der Waals surface area contributed by atoms with Crippen LogP contribution in [-0.4, -0.2) is 40.4 Å². The number of nitrogens with zero attached hydrogens (tertiary/aromatic N) is 1. The largest absolute Gasteiger partial charge is 0.493 e. The lowest BCUT2D eigenvalue weighted by molar-refractivity contribution is -0.119. The molecular formula is C15H20N2O6. The van der Waals surface area contributed by atoms with E-state index in [0.717, 1.165) is 10.6 Å². The summed E-state index contributed by atoms with van der Waals surface area (Å²) in [5.41, 5.74) is 3.66. The molecule has 0 saturated carbocycles. The number of methoxy groups -OCH3 is 4. The Hall–Kier alpha value is -2.64. The van der Waals surface area contributed by atoms with E-state index in [9.17, 15) is 9.59 Å². The van der Waals surface area contributed by atoms with Gasteiger partial charge in [0.2, 0.25) is 11.7 Å². The minimum atomic E-state index is -0.747. The summed E-state index contributed by atoms with van der Waals surface area (Å²) in [7, 11) is 5.69. The van der Waals surface area contributed by atoms with Crippen molar-refractivity contribution >= 4 is 17.7 Å². The molecular weight excluding hydrogens is 304 g/mol. The van der Waals surface area contributed by atoms with E-state index in [4.69, 9.17) is 14.2 Å². The molecule has 0 bridgehead atoms. The highest BCUT2D eigenvalue weighted by molar-refractivity contribution is 5.99. The maximum absolute atomic E-state index is 12.4. The van der Waals surface area contributed by atoms with Gasteiger partial charge in [-0.25, -0.2) is 15.2 Å². The van der Waals surface area contributed by atoms with E-state index in [1.165, 1.54) is 28.4 Å². The molecule has 0 unspecified atom stereocenters. The molecule has 1 aliphatic heterocycles. The summed E-state index contributed by atoms with van der Waals surface area (Å²) in [6, 6.07) is 1.78. The average molecular weight is 324 g/mol. The van der Waals surface area contributed by atoms with Gasteiger partial charge in [0, 0.05) is 6.42 Å². The van der Waals surface area contributed by atoms with Crippen LogP contribution in [0.3, 0.4) is 0 Å². The molecule has 126 valence electrons. The zero-order valence-electron chi connectivity index (χ0n) is 13.6. The second-order valence-corrected chi connectivity index (χ2v) is 4.84. The van der Waals surface area contributed by atoms with Gasteiger partial charge in [-0.2, -0.15) is 0 Å². The van der Waals surface area contributed by atoms with Crippen LogP contribution >= 0.6 is 0 Å². The Balaban J connectivity index is 2.66. The molecule has 0 fully saturated rings. The number of anilines is 1. The maximum atomic E-state index is 12.4. The number of carbonyl (C=O) groups excluding carboxylic acids is 2. The second kappa shape index (κ2) is 7.08. The van der Waals surface area contributed by atoms with Gasteiger partial charge in [0.1, 0.15) is 5.69 Å². The first-order chi connectivity index (χ1) is 11.1. The molecule has 0 atom stereocenters. The molecule has 8 heteroatoms. The van der Waals surface area contributed by atoms with Crippen molar-refractivity contribution in [1.82, 2.24) is 5.43 Å². The summed E-state index contributed by atoms with van der Waals surface area (Å²) in [6.07, 6.45) is 0.816. The van der Waals surface area contributed by atoms with Gasteiger partial charge in [0.15, 0.2) is 11.5 Å². The first kappa shape index (κ1) is 16.7. The van der Waals surface area contributed by atoms with Crippen LogP contribution in [0.4, 0.5) is 10.5 Å². The van der Waals surface area contributed by atoms with Crippen molar-refractivity contribution in [3.05, 3.63) is 11.6 Å². The number of hydrogen-bond donors (Lipinski definition) is 1. The summed E-state index contributed by atoms with van der Waals surface area (Å²) in [6.45, 7) is 0. The number of rotatable bonds is 4. The number of amides is 2. The molecule has 0 aliphatic carbocycles. The van der Waals surface area contributed by atoms with Crippen molar-refractivity contribution in [1.29, 1.82) is 0 Å². The Kier molecular flexibility index (Phi) is 5.15. The summed E-state index contributed by atoms with van der Waals surface area (Å²) in [4.78, 5) is 24.0. The first-order valence-corrected chi connectivity index (χ1v) is 7.06. The Morgan fingerprint density at radius 2 is 1.78 bits per heavy atom. The van der Waals surface area contributed by atoms with E-state index in [1.54, 1.807) is 6.07 Å². The molecule has 1 aromatic rings. The van der Waals surface area contributed by atoms with Crippen LogP contribution in [0.15, 0.2) is 6.07 Å². The molecule has 23 heavy (non-hydrogen) atoms. The van der Waals surface area contributed by atoms with E-state index >= 15 is 0 Å². The SMILES string of the molecule is COC(=O)NN1C(=O)CCCc2cc(OC)c(OC)c(OC)c21. The molecule has 2 amide bonds. The van der Waals surface area contributed by atoms with Crippen LogP contribution < -0.4 is 24.6 Å². The minimum Gasteiger partial charge on any atom is -0.493 e. The summed E-state index contributed by atoms with van der Waals surface area (Å²) in [5.74, 6) is 0.892. The standard InChI is InChI=1S/C15H20N2O6/c1-20-10-8-9-6-5-7-11(18)17(16-15(19)23-4)12(9)14(22-3)13(10)21-2/h8H,5-7H2,1-4H3,(H,16,19). The third-order valence-corrected chi connectivity index (χ3v) is 3.58. The van der Waals surface area contributed by atoms with Gasteiger partial charge in [-0.1, -0.05) is 0 Å². The highest BCUT2D eigenvalue weighted by Crippen LogP contribution is 2.47. The van der Waals surface area contributed by atoms with Gasteiger partial charge < -0.3 is 18.9 Å². The molecule has 0 aromatic heterocycles. The zero-order chi connectivity index (χ0) is 17.0. The van der Waals surface area contributed by atoms with Crippen LogP contribution in [0.5, 0.6) is 17.2 Å². The van der Waals surface area contributed by atoms with Gasteiger partial charge in [-0.3, -0.25) is 4.79 Å². The van der Waals surface area contributed by atoms with Gasteiger partial charge in [0.05, 0.1) is 28.4 Å². The van der Waals surface area contributed by atoms with Gasteiger partial charge >= 0.3 is 6.09 Å². The molecule has 0 radical (unpaired) electrons. The lowest BCUT2D eigenvalue weighted by atomic mass is 10.1. The van der Waals surface area contributed by atoms with Crippen molar-refractivity contribution in [3.8, 4) is 17.2 Å². The Morgan fingerprint density at radius 3 is 2.35 bits per heavy atom. The summed E-state index contributed by atoms with van der Waals surface area (Å²) >= 11 is 0. The topological polar surface area (TPSA) is 86.3 Å². The van der Waals surface area contributed by atoms with Crippen molar-refractivity contribution in [3.63, 3.8) is 0 Å². The normalized spacial score (nSPS) is 13.7. The number of aryl methyl sites for hydroxylation is 1. The average Bonchev–Trinajstić information content (AvgIpc) is 2.72. The Bertz CT molecular complexity index is 616. The van der Waals surface area contributed by atoms with Gasteiger partial charge in [-0.15, -0.1) is 0 Å². The molecule has 1 aliphatic rings. The summed E-state index contributed by atoms with van der Waals surface area (Å²) < 4.78 is 20.7. The van der Waals surface area contributed by atoms with Crippen molar-refractivity contribution in [2.45, 2.75) is 19.3 Å². The highest BCUT2D eigenvalue weighted by Gasteiger charge is 2.31. The number of benzene rings is 1. The van der Waals surface area contributed by atoms with E-state index < -0.39 is 6.09 Å². The van der Waals surface area contributed by atoms with Crippen molar-refractivity contribution in [2.75, 3.05) is 33.4 Å². The van der Waals surface area contributed by atoms with E-state index in [2.05, 4.69) is 10.2 Å². The predicted octanol–water partition coefficient (Wildman–Crippen LogP) is 1.65. The van der Waals surface area contributed by atoms with Crippen molar-refractivity contribution < 1.29 is 28.5 Å². The fourth-order valence-corrected chi connectivity index (χ4v) is 2.55. The smallest absolute Gasteiger partial charge is 0.426 e. The van der Waals surface area contributed by atoms with E-state index in [1.807, 2.05) is 0 Å². The third kappa shape index (κ3) is 3.10. The fourth-order valence-electron chi connectivity index (χ4n) is 2.55. The minimum absolute atomic E-state index is 0.264. The number of hydrogen-bond acceptors (Lipinski definition) is 6. The fraction of sp³-hybridized carbons (Fsp3) is 0.467. The highest BCUT2D eigenvalue weighted by atomic mass is 16.5. The Labute approximate surface area is 134 Å². The number of nitrogens with one attached hydrogen (secondary N) is 1.